The number of ether oxygens (including phenoxy) is 1. The SMILES string of the molecule is COC(=O)CSCCC(=O)N1CCN(S(=O)(=O)c2c[nH]c3ncccc23)CC1. The molecular formula is C17H22N4O5S2. The smallest absolute Gasteiger partial charge is 0.315 e. The summed E-state index contributed by atoms with van der Waals surface area (Å²) >= 11 is 1.34. The minimum absolute atomic E-state index is 0.0364. The number of piperazine rings is 1. The Labute approximate surface area is 167 Å². The topological polar surface area (TPSA) is 113 Å². The van der Waals surface area contributed by atoms with Crippen molar-refractivity contribution < 1.29 is 22.7 Å². The molecule has 3 rings (SSSR count). The van der Waals surface area contributed by atoms with Crippen LogP contribution in [0.5, 0.6) is 0 Å². The summed E-state index contributed by atoms with van der Waals surface area (Å²) in [5.41, 5.74) is 0.527. The first-order valence-electron chi connectivity index (χ1n) is 8.78. The average molecular weight is 427 g/mol. The Bertz CT molecular complexity index is 951. The minimum Gasteiger partial charge on any atom is -0.468 e. The minimum atomic E-state index is -3.66. The molecule has 2 aromatic rings. The van der Waals surface area contributed by atoms with Crippen molar-refractivity contribution in [1.29, 1.82) is 0 Å². The molecule has 2 aromatic heterocycles. The highest BCUT2D eigenvalue weighted by Gasteiger charge is 2.31. The number of amides is 1. The van der Waals surface area contributed by atoms with Crippen molar-refractivity contribution in [2.75, 3.05) is 44.8 Å². The van der Waals surface area contributed by atoms with Gasteiger partial charge in [0.05, 0.1) is 12.9 Å². The van der Waals surface area contributed by atoms with Crippen LogP contribution in [0.4, 0.5) is 0 Å². The van der Waals surface area contributed by atoms with Crippen LogP contribution in [0.25, 0.3) is 11.0 Å². The maximum absolute atomic E-state index is 13.0. The molecule has 0 atom stereocenters. The monoisotopic (exact) mass is 426 g/mol. The normalized spacial score (nSPS) is 15.7. The fourth-order valence-electron chi connectivity index (χ4n) is 2.99. The molecule has 0 spiro atoms. The Morgan fingerprint density at radius 1 is 1.29 bits per heavy atom. The number of esters is 1. The molecule has 11 heteroatoms. The number of aromatic amines is 1. The van der Waals surface area contributed by atoms with Gasteiger partial charge in [-0.05, 0) is 12.1 Å². The first-order chi connectivity index (χ1) is 13.4. The van der Waals surface area contributed by atoms with Crippen molar-refractivity contribution in [3.8, 4) is 0 Å². The number of fused-ring (bicyclic) bond motifs is 1. The second-order valence-corrected chi connectivity index (χ2v) is 9.23. The molecule has 1 fully saturated rings. The highest BCUT2D eigenvalue weighted by molar-refractivity contribution is 7.99. The second kappa shape index (κ2) is 8.93. The van der Waals surface area contributed by atoms with Gasteiger partial charge in [-0.1, -0.05) is 0 Å². The number of carbonyl (C=O) groups excluding carboxylic acids is 2. The molecule has 0 radical (unpaired) electrons. The quantitative estimate of drug-likeness (QED) is 0.512. The molecule has 0 aliphatic carbocycles. The fourth-order valence-corrected chi connectivity index (χ4v) is 5.31. The highest BCUT2D eigenvalue weighted by Crippen LogP contribution is 2.25. The van der Waals surface area contributed by atoms with Gasteiger partial charge in [-0.25, -0.2) is 13.4 Å². The maximum Gasteiger partial charge on any atom is 0.315 e. The Morgan fingerprint density at radius 3 is 2.75 bits per heavy atom. The van der Waals surface area contributed by atoms with Crippen molar-refractivity contribution in [3.05, 3.63) is 24.5 Å². The van der Waals surface area contributed by atoms with E-state index >= 15 is 0 Å². The Kier molecular flexibility index (Phi) is 6.57. The van der Waals surface area contributed by atoms with Crippen LogP contribution in [0, 0.1) is 0 Å². The van der Waals surface area contributed by atoms with Crippen LogP contribution in [-0.4, -0.2) is 84.3 Å². The highest BCUT2D eigenvalue weighted by atomic mass is 32.2. The van der Waals surface area contributed by atoms with Gasteiger partial charge < -0.3 is 14.6 Å². The van der Waals surface area contributed by atoms with Gasteiger partial charge in [0, 0.05) is 56.1 Å². The summed E-state index contributed by atoms with van der Waals surface area (Å²) in [5, 5.41) is 0.559. The number of H-pyrrole nitrogens is 1. The van der Waals surface area contributed by atoms with Crippen molar-refractivity contribution in [1.82, 2.24) is 19.2 Å². The number of aromatic nitrogens is 2. The lowest BCUT2D eigenvalue weighted by atomic mass is 10.3. The fraction of sp³-hybridized carbons (Fsp3) is 0.471. The van der Waals surface area contributed by atoms with E-state index in [4.69, 9.17) is 0 Å². The zero-order valence-corrected chi connectivity index (χ0v) is 17.1. The first kappa shape index (κ1) is 20.6. The molecule has 1 aliphatic rings. The predicted molar refractivity (Wildman–Crippen MR) is 105 cm³/mol. The summed E-state index contributed by atoms with van der Waals surface area (Å²) in [5.74, 6) is 0.388. The number of nitrogens with one attached hydrogen (secondary N) is 1. The van der Waals surface area contributed by atoms with Gasteiger partial charge in [0.25, 0.3) is 0 Å². The van der Waals surface area contributed by atoms with Gasteiger partial charge in [-0.15, -0.1) is 11.8 Å². The van der Waals surface area contributed by atoms with E-state index < -0.39 is 10.0 Å². The van der Waals surface area contributed by atoms with Crippen LogP contribution >= 0.6 is 11.8 Å². The van der Waals surface area contributed by atoms with Crippen LogP contribution in [0.1, 0.15) is 6.42 Å². The molecule has 0 aromatic carbocycles. The van der Waals surface area contributed by atoms with E-state index in [0.717, 1.165) is 0 Å². The number of pyridine rings is 1. The lowest BCUT2D eigenvalue weighted by Crippen LogP contribution is -2.50. The molecule has 3 heterocycles. The maximum atomic E-state index is 13.0. The molecule has 1 N–H and O–H groups in total. The largest absolute Gasteiger partial charge is 0.468 e. The van der Waals surface area contributed by atoms with Crippen molar-refractivity contribution in [2.45, 2.75) is 11.3 Å². The third-order valence-corrected chi connectivity index (χ3v) is 7.40. The van der Waals surface area contributed by atoms with E-state index in [9.17, 15) is 18.0 Å². The molecule has 0 unspecified atom stereocenters. The number of thioether (sulfide) groups is 1. The van der Waals surface area contributed by atoms with Crippen LogP contribution in [0.3, 0.4) is 0 Å². The zero-order valence-electron chi connectivity index (χ0n) is 15.5. The van der Waals surface area contributed by atoms with E-state index in [1.54, 1.807) is 23.2 Å². The van der Waals surface area contributed by atoms with Gasteiger partial charge in [-0.3, -0.25) is 9.59 Å². The van der Waals surface area contributed by atoms with Crippen LogP contribution < -0.4 is 0 Å². The number of carbonyl (C=O) groups is 2. The van der Waals surface area contributed by atoms with Gasteiger partial charge in [0.1, 0.15) is 10.5 Å². The average Bonchev–Trinajstić information content (AvgIpc) is 3.16. The van der Waals surface area contributed by atoms with Crippen LogP contribution in [0.15, 0.2) is 29.4 Å². The Morgan fingerprint density at radius 2 is 2.04 bits per heavy atom. The first-order valence-corrected chi connectivity index (χ1v) is 11.4. The lowest BCUT2D eigenvalue weighted by Gasteiger charge is -2.34. The number of methoxy groups -OCH3 is 1. The number of nitrogens with zero attached hydrogens (tertiary/aromatic N) is 3. The van der Waals surface area contributed by atoms with Gasteiger partial charge in [0.2, 0.25) is 15.9 Å². The Balaban J connectivity index is 1.54. The summed E-state index contributed by atoms with van der Waals surface area (Å²) in [6.07, 6.45) is 3.37. The molecule has 0 saturated carbocycles. The van der Waals surface area contributed by atoms with Crippen molar-refractivity contribution in [3.63, 3.8) is 0 Å². The number of hydrogen-bond acceptors (Lipinski definition) is 7. The number of hydrogen-bond donors (Lipinski definition) is 1. The number of rotatable bonds is 7. The summed E-state index contributed by atoms with van der Waals surface area (Å²) in [6, 6.07) is 3.42. The van der Waals surface area contributed by atoms with Gasteiger partial charge in [-0.2, -0.15) is 4.31 Å². The molecule has 1 amide bonds. The zero-order chi connectivity index (χ0) is 20.1. The lowest BCUT2D eigenvalue weighted by molar-refractivity contribution is -0.137. The van der Waals surface area contributed by atoms with Crippen LogP contribution in [0.2, 0.25) is 0 Å². The van der Waals surface area contributed by atoms with E-state index in [0.29, 0.717) is 36.3 Å². The summed E-state index contributed by atoms with van der Waals surface area (Å²) in [6.45, 7) is 1.19. The van der Waals surface area contributed by atoms with Gasteiger partial charge >= 0.3 is 5.97 Å². The summed E-state index contributed by atoms with van der Waals surface area (Å²) < 4.78 is 31.9. The predicted octanol–water partition coefficient (Wildman–Crippen LogP) is 0.692. The van der Waals surface area contributed by atoms with E-state index in [1.165, 1.54) is 29.4 Å². The Hall–Kier alpha value is -2.11. The molecular weight excluding hydrogens is 404 g/mol. The van der Waals surface area contributed by atoms with Crippen molar-refractivity contribution >= 4 is 44.7 Å². The molecule has 1 saturated heterocycles. The second-order valence-electron chi connectivity index (χ2n) is 6.22. The van der Waals surface area contributed by atoms with Crippen LogP contribution in [-0.2, 0) is 24.3 Å². The molecule has 152 valence electrons. The van der Waals surface area contributed by atoms with Gasteiger partial charge in [0.15, 0.2) is 0 Å². The van der Waals surface area contributed by atoms with E-state index in [2.05, 4.69) is 14.7 Å². The third kappa shape index (κ3) is 4.47. The summed E-state index contributed by atoms with van der Waals surface area (Å²) in [7, 11) is -2.33. The van der Waals surface area contributed by atoms with E-state index in [-0.39, 0.29) is 35.6 Å². The third-order valence-electron chi connectivity index (χ3n) is 4.53. The molecule has 0 bridgehead atoms. The molecule has 1 aliphatic heterocycles. The van der Waals surface area contributed by atoms with Crippen molar-refractivity contribution in [2.24, 2.45) is 0 Å². The summed E-state index contributed by atoms with van der Waals surface area (Å²) in [4.78, 5) is 32.2. The standard InChI is InChI=1S/C17H22N4O5S2/c1-26-16(23)12-27-10-4-15(22)20-6-8-21(9-7-20)28(24,25)14-11-19-17-13(14)3-2-5-18-17/h2-3,5,11H,4,6-10,12H2,1H3,(H,18,19). The number of sulfonamides is 1. The molecule has 28 heavy (non-hydrogen) atoms. The van der Waals surface area contributed by atoms with E-state index in [1.807, 2.05) is 0 Å². The molecule has 9 nitrogen and oxygen atoms in total.